The zero-order valence-corrected chi connectivity index (χ0v) is 18.8. The number of halogens is 1. The van der Waals surface area contributed by atoms with E-state index in [4.69, 9.17) is 4.74 Å². The maximum atomic E-state index is 13.9. The van der Waals surface area contributed by atoms with Gasteiger partial charge in [-0.1, -0.05) is 18.2 Å². The van der Waals surface area contributed by atoms with Crippen molar-refractivity contribution in [2.45, 2.75) is 61.4 Å². The van der Waals surface area contributed by atoms with E-state index in [2.05, 4.69) is 11.5 Å². The van der Waals surface area contributed by atoms with Crippen molar-refractivity contribution in [2.24, 2.45) is 0 Å². The molecule has 7 heteroatoms. The molecular weight excluding hydrogens is 435 g/mol. The molecule has 2 N–H and O–H groups in total. The van der Waals surface area contributed by atoms with Gasteiger partial charge in [0.05, 0.1) is 17.1 Å². The number of phenolic OH excluding ortho intramolecular Hbond substituents is 1. The number of hydrogen-bond acceptors (Lipinski definition) is 5. The summed E-state index contributed by atoms with van der Waals surface area (Å²) in [7, 11) is 0. The molecule has 1 saturated carbocycles. The normalized spacial score (nSPS) is 35.1. The summed E-state index contributed by atoms with van der Waals surface area (Å²) in [5.41, 5.74) is 1.49. The van der Waals surface area contributed by atoms with Crippen LogP contribution in [-0.2, 0) is 18.4 Å². The van der Waals surface area contributed by atoms with Gasteiger partial charge in [0, 0.05) is 30.3 Å². The van der Waals surface area contributed by atoms with Crippen molar-refractivity contribution in [3.63, 3.8) is 0 Å². The van der Waals surface area contributed by atoms with Gasteiger partial charge in [-0.2, -0.15) is 0 Å². The monoisotopic (exact) mass is 462 g/mol. The smallest absolute Gasteiger partial charge is 0.254 e. The number of carbonyl (C=O) groups is 1. The van der Waals surface area contributed by atoms with E-state index in [-0.39, 0.29) is 23.7 Å². The summed E-state index contributed by atoms with van der Waals surface area (Å²) in [6.07, 6.45) is 3.86. The van der Waals surface area contributed by atoms with Crippen LogP contribution in [0.25, 0.3) is 0 Å². The number of phenols is 1. The topological polar surface area (TPSA) is 73.2 Å². The fraction of sp³-hybridized carbons (Fsp3) is 0.444. The van der Waals surface area contributed by atoms with Crippen LogP contribution in [0, 0.1) is 5.82 Å². The molecular formula is C27H27FN2O4. The predicted octanol–water partition coefficient (Wildman–Crippen LogP) is 2.90. The molecule has 2 aliphatic carbocycles. The first kappa shape index (κ1) is 20.5. The van der Waals surface area contributed by atoms with Crippen LogP contribution in [0.2, 0.25) is 0 Å². The van der Waals surface area contributed by atoms with Gasteiger partial charge in [0.15, 0.2) is 11.5 Å². The highest BCUT2D eigenvalue weighted by Gasteiger charge is 2.73. The van der Waals surface area contributed by atoms with Crippen LogP contribution in [0.3, 0.4) is 0 Å². The van der Waals surface area contributed by atoms with E-state index < -0.39 is 22.9 Å². The lowest BCUT2D eigenvalue weighted by Crippen LogP contribution is -2.78. The van der Waals surface area contributed by atoms with Crippen LogP contribution in [0.15, 0.2) is 43.0 Å². The van der Waals surface area contributed by atoms with Crippen molar-refractivity contribution >= 4 is 5.91 Å². The van der Waals surface area contributed by atoms with Crippen molar-refractivity contribution in [1.82, 2.24) is 9.80 Å². The van der Waals surface area contributed by atoms with E-state index in [0.29, 0.717) is 50.1 Å². The second-order valence-corrected chi connectivity index (χ2v) is 10.5. The lowest BCUT2D eigenvalue weighted by atomic mass is 9.48. The highest BCUT2D eigenvalue weighted by Crippen LogP contribution is 2.66. The van der Waals surface area contributed by atoms with Crippen LogP contribution in [0.5, 0.6) is 11.5 Å². The summed E-state index contributed by atoms with van der Waals surface area (Å²) >= 11 is 0. The lowest BCUT2D eigenvalue weighted by Gasteiger charge is -2.64. The lowest BCUT2D eigenvalue weighted by molar-refractivity contribution is -0.196. The number of carbonyl (C=O) groups excluding carboxylic acids is 1. The standard InChI is InChI=1S/C27H27FN2O4/c1-2-10-29-11-9-26-22-15-4-6-20(31)23(22)34-24(26)19(7-8-27(26,33)21(29)12-15)30-14-16-3-5-17(28)13-18(16)25(30)32/h2-6,13,19,21,24,31,33H,1,7-12,14H2/t19-,21-,24+,26+,27?/m1/s1. The molecule has 1 saturated heterocycles. The highest BCUT2D eigenvalue weighted by molar-refractivity contribution is 5.98. The Morgan fingerprint density at radius 3 is 2.88 bits per heavy atom. The first-order chi connectivity index (χ1) is 16.4. The minimum absolute atomic E-state index is 0.0775. The van der Waals surface area contributed by atoms with Gasteiger partial charge < -0.3 is 19.8 Å². The van der Waals surface area contributed by atoms with Gasteiger partial charge in [-0.25, -0.2) is 4.39 Å². The number of ether oxygens (including phenoxy) is 1. The second-order valence-electron chi connectivity index (χ2n) is 10.5. The van der Waals surface area contributed by atoms with E-state index in [9.17, 15) is 19.4 Å². The number of benzene rings is 2. The average molecular weight is 463 g/mol. The number of fused-ring (bicyclic) bond motifs is 1. The van der Waals surface area contributed by atoms with Crippen LogP contribution >= 0.6 is 0 Å². The zero-order valence-electron chi connectivity index (χ0n) is 18.8. The SMILES string of the molecule is C=CCN1CC[C@]23c4c5ccc(O)c4O[C@H]2[C@H](N2Cc4ccc(F)cc4C2=O)CCC3(O)[C@H]1C5. The Balaban J connectivity index is 1.37. The van der Waals surface area contributed by atoms with E-state index in [1.807, 2.05) is 12.1 Å². The van der Waals surface area contributed by atoms with Crippen LogP contribution in [0.1, 0.15) is 46.3 Å². The fourth-order valence-electron chi connectivity index (χ4n) is 7.87. The van der Waals surface area contributed by atoms with Gasteiger partial charge >= 0.3 is 0 Å². The molecule has 1 unspecified atom stereocenters. The van der Waals surface area contributed by atoms with Gasteiger partial charge in [-0.05, 0) is 61.6 Å². The van der Waals surface area contributed by atoms with Crippen LogP contribution in [0.4, 0.5) is 4.39 Å². The molecule has 3 aliphatic heterocycles. The Bertz CT molecular complexity index is 1260. The molecule has 5 atom stereocenters. The van der Waals surface area contributed by atoms with E-state index in [1.165, 1.54) is 12.1 Å². The number of likely N-dealkylation sites (tertiary alicyclic amines) is 1. The van der Waals surface area contributed by atoms with Gasteiger partial charge in [-0.15, -0.1) is 6.58 Å². The molecule has 0 aromatic heterocycles. The average Bonchev–Trinajstić information content (AvgIpc) is 3.33. The Morgan fingerprint density at radius 2 is 2.06 bits per heavy atom. The number of piperidine rings is 1. The molecule has 2 fully saturated rings. The molecule has 1 spiro atoms. The van der Waals surface area contributed by atoms with E-state index >= 15 is 0 Å². The second kappa shape index (κ2) is 6.61. The van der Waals surface area contributed by atoms with Gasteiger partial charge in [0.2, 0.25) is 0 Å². The van der Waals surface area contributed by atoms with Crippen LogP contribution in [-0.4, -0.2) is 62.8 Å². The third-order valence-electron chi connectivity index (χ3n) is 9.21. The predicted molar refractivity (Wildman–Crippen MR) is 122 cm³/mol. The van der Waals surface area contributed by atoms with E-state index in [1.54, 1.807) is 17.0 Å². The van der Waals surface area contributed by atoms with Crippen molar-refractivity contribution < 1.29 is 24.1 Å². The molecule has 3 heterocycles. The van der Waals surface area contributed by atoms with Crippen molar-refractivity contribution in [2.75, 3.05) is 13.1 Å². The first-order valence-corrected chi connectivity index (χ1v) is 12.1. The highest BCUT2D eigenvalue weighted by atomic mass is 19.1. The summed E-state index contributed by atoms with van der Waals surface area (Å²) in [6.45, 7) is 5.79. The summed E-state index contributed by atoms with van der Waals surface area (Å²) < 4.78 is 20.4. The molecule has 2 bridgehead atoms. The fourth-order valence-corrected chi connectivity index (χ4v) is 7.87. The number of amides is 1. The molecule has 7 rings (SSSR count). The Kier molecular flexibility index (Phi) is 3.98. The number of hydrogen-bond donors (Lipinski definition) is 2. The quantitative estimate of drug-likeness (QED) is 0.687. The molecule has 1 amide bonds. The Labute approximate surface area is 197 Å². The molecule has 176 valence electrons. The molecule has 34 heavy (non-hydrogen) atoms. The molecule has 6 nitrogen and oxygen atoms in total. The van der Waals surface area contributed by atoms with Crippen molar-refractivity contribution in [1.29, 1.82) is 0 Å². The summed E-state index contributed by atoms with van der Waals surface area (Å²) in [5.74, 6) is -0.0801. The number of nitrogens with zero attached hydrogens (tertiary/aromatic N) is 2. The molecule has 5 aliphatic rings. The van der Waals surface area contributed by atoms with Crippen LogP contribution < -0.4 is 4.74 Å². The maximum absolute atomic E-state index is 13.9. The summed E-state index contributed by atoms with van der Waals surface area (Å²) in [5, 5.41) is 23.2. The van der Waals surface area contributed by atoms with Gasteiger partial charge in [0.1, 0.15) is 11.9 Å². The minimum atomic E-state index is -1.04. The molecule has 2 aromatic rings. The van der Waals surface area contributed by atoms with E-state index in [0.717, 1.165) is 23.2 Å². The molecule has 2 aromatic carbocycles. The zero-order chi connectivity index (χ0) is 23.4. The number of aromatic hydroxyl groups is 1. The number of aliphatic hydroxyl groups is 1. The number of rotatable bonds is 3. The first-order valence-electron chi connectivity index (χ1n) is 12.1. The summed E-state index contributed by atoms with van der Waals surface area (Å²) in [6, 6.07) is 7.64. The van der Waals surface area contributed by atoms with Crippen molar-refractivity contribution in [3.05, 3.63) is 71.1 Å². The Morgan fingerprint density at radius 1 is 1.24 bits per heavy atom. The van der Waals surface area contributed by atoms with Gasteiger partial charge in [0.25, 0.3) is 5.91 Å². The summed E-state index contributed by atoms with van der Waals surface area (Å²) in [4.78, 5) is 17.5. The maximum Gasteiger partial charge on any atom is 0.254 e. The third-order valence-corrected chi connectivity index (χ3v) is 9.21. The third kappa shape index (κ3) is 2.25. The van der Waals surface area contributed by atoms with Crippen molar-refractivity contribution in [3.8, 4) is 11.5 Å². The van der Waals surface area contributed by atoms with Gasteiger partial charge in [-0.3, -0.25) is 9.69 Å². The minimum Gasteiger partial charge on any atom is -0.504 e. The largest absolute Gasteiger partial charge is 0.504 e. The Hall–Kier alpha value is -2.90. The molecule has 0 radical (unpaired) electrons.